The molecular formula is C15H22N6. The second-order valence-corrected chi connectivity index (χ2v) is 5.89. The van der Waals surface area contributed by atoms with Crippen LogP contribution in [0, 0.1) is 27.7 Å². The first-order valence-corrected chi connectivity index (χ1v) is 7.35. The number of nitrogens with zero attached hydrogens (tertiary/aromatic N) is 5. The van der Waals surface area contributed by atoms with Crippen LogP contribution in [0.3, 0.4) is 0 Å². The fraction of sp³-hybridized carbons (Fsp3) is 0.533. The van der Waals surface area contributed by atoms with Crippen molar-refractivity contribution in [1.29, 1.82) is 0 Å². The van der Waals surface area contributed by atoms with Crippen molar-refractivity contribution in [2.24, 2.45) is 5.73 Å². The Kier molecular flexibility index (Phi) is 3.41. The normalized spacial score (nSPS) is 18.5. The molecule has 0 saturated carbocycles. The van der Waals surface area contributed by atoms with Gasteiger partial charge in [-0.3, -0.25) is 0 Å². The number of hydrogen-bond acceptors (Lipinski definition) is 5. The van der Waals surface area contributed by atoms with Crippen LogP contribution in [0.5, 0.6) is 0 Å². The molecule has 1 saturated heterocycles. The lowest BCUT2D eigenvalue weighted by Crippen LogP contribution is -2.28. The van der Waals surface area contributed by atoms with E-state index in [0.717, 1.165) is 48.0 Å². The van der Waals surface area contributed by atoms with Crippen LogP contribution < -0.4 is 10.6 Å². The Labute approximate surface area is 125 Å². The Balaban J connectivity index is 2.07. The van der Waals surface area contributed by atoms with Gasteiger partial charge in [0.15, 0.2) is 0 Å². The number of nitrogens with two attached hydrogens (primary N) is 1. The van der Waals surface area contributed by atoms with Crippen molar-refractivity contribution in [2.45, 2.75) is 40.2 Å². The molecule has 2 N–H and O–H groups in total. The van der Waals surface area contributed by atoms with Gasteiger partial charge in [-0.1, -0.05) is 0 Å². The fourth-order valence-electron chi connectivity index (χ4n) is 2.81. The minimum atomic E-state index is 0.233. The van der Waals surface area contributed by atoms with Crippen molar-refractivity contribution < 1.29 is 0 Å². The van der Waals surface area contributed by atoms with Gasteiger partial charge in [-0.15, -0.1) is 0 Å². The highest BCUT2D eigenvalue weighted by Crippen LogP contribution is 2.24. The summed E-state index contributed by atoms with van der Waals surface area (Å²) in [7, 11) is 0. The number of anilines is 1. The van der Waals surface area contributed by atoms with Crippen molar-refractivity contribution in [3.05, 3.63) is 28.7 Å². The second kappa shape index (κ2) is 5.11. The molecule has 3 rings (SSSR count). The zero-order valence-corrected chi connectivity index (χ0v) is 13.1. The molecule has 3 heterocycles. The SMILES string of the molecule is Cc1cc(C)n(-c2nc(C)c(C)c(N3CCC(N)C3)n2)n1. The van der Waals surface area contributed by atoms with Gasteiger partial charge in [0.05, 0.1) is 5.69 Å². The lowest BCUT2D eigenvalue weighted by atomic mass is 10.2. The number of rotatable bonds is 2. The van der Waals surface area contributed by atoms with Crippen molar-refractivity contribution in [3.63, 3.8) is 0 Å². The molecule has 1 atom stereocenters. The molecule has 0 spiro atoms. The Morgan fingerprint density at radius 2 is 1.95 bits per heavy atom. The molecule has 0 radical (unpaired) electrons. The van der Waals surface area contributed by atoms with Crippen molar-refractivity contribution in [3.8, 4) is 5.95 Å². The summed E-state index contributed by atoms with van der Waals surface area (Å²) in [5, 5.41) is 4.48. The summed E-state index contributed by atoms with van der Waals surface area (Å²) in [5.41, 5.74) is 10.1. The number of aromatic nitrogens is 4. The van der Waals surface area contributed by atoms with Crippen molar-refractivity contribution in [1.82, 2.24) is 19.7 Å². The lowest BCUT2D eigenvalue weighted by Gasteiger charge is -2.21. The first kappa shape index (κ1) is 14.0. The molecule has 21 heavy (non-hydrogen) atoms. The van der Waals surface area contributed by atoms with Crippen LogP contribution in [-0.4, -0.2) is 38.9 Å². The van der Waals surface area contributed by atoms with Gasteiger partial charge in [0.2, 0.25) is 0 Å². The standard InChI is InChI=1S/C15H22N6/c1-9-7-10(2)21(19-9)15-17-12(4)11(3)14(18-15)20-6-5-13(16)8-20/h7,13H,5-6,8,16H2,1-4H3. The summed E-state index contributed by atoms with van der Waals surface area (Å²) in [5.74, 6) is 1.62. The molecule has 1 aliphatic heterocycles. The summed E-state index contributed by atoms with van der Waals surface area (Å²) in [6, 6.07) is 2.26. The van der Waals surface area contributed by atoms with Crippen LogP contribution in [0.4, 0.5) is 5.82 Å². The van der Waals surface area contributed by atoms with E-state index in [-0.39, 0.29) is 6.04 Å². The molecule has 112 valence electrons. The fourth-order valence-corrected chi connectivity index (χ4v) is 2.81. The van der Waals surface area contributed by atoms with Crippen LogP contribution in [0.1, 0.15) is 29.1 Å². The maximum atomic E-state index is 6.02. The Morgan fingerprint density at radius 3 is 2.52 bits per heavy atom. The smallest absolute Gasteiger partial charge is 0.252 e. The van der Waals surface area contributed by atoms with Crippen LogP contribution in [0.15, 0.2) is 6.07 Å². The zero-order chi connectivity index (χ0) is 15.1. The molecule has 0 amide bonds. The van der Waals surface area contributed by atoms with Gasteiger partial charge in [0, 0.05) is 36.1 Å². The van der Waals surface area contributed by atoms with Crippen LogP contribution in [-0.2, 0) is 0 Å². The van der Waals surface area contributed by atoms with Crippen molar-refractivity contribution in [2.75, 3.05) is 18.0 Å². The Bertz CT molecular complexity index is 675. The summed E-state index contributed by atoms with van der Waals surface area (Å²) >= 11 is 0. The van der Waals surface area contributed by atoms with E-state index in [1.807, 2.05) is 26.8 Å². The molecular weight excluding hydrogens is 264 g/mol. The average molecular weight is 286 g/mol. The minimum absolute atomic E-state index is 0.233. The monoisotopic (exact) mass is 286 g/mol. The van der Waals surface area contributed by atoms with E-state index in [1.54, 1.807) is 4.68 Å². The number of hydrogen-bond donors (Lipinski definition) is 1. The predicted molar refractivity (Wildman–Crippen MR) is 82.9 cm³/mol. The van der Waals surface area contributed by atoms with E-state index in [2.05, 4.69) is 21.9 Å². The quantitative estimate of drug-likeness (QED) is 0.904. The predicted octanol–water partition coefficient (Wildman–Crippen LogP) is 1.43. The molecule has 1 fully saturated rings. The molecule has 1 aliphatic rings. The molecule has 1 unspecified atom stereocenters. The third-order valence-electron chi connectivity index (χ3n) is 4.08. The zero-order valence-electron chi connectivity index (χ0n) is 13.1. The minimum Gasteiger partial charge on any atom is -0.355 e. The van der Waals surface area contributed by atoms with Gasteiger partial charge in [-0.25, -0.2) is 9.67 Å². The third kappa shape index (κ3) is 2.51. The molecule has 2 aromatic rings. The largest absolute Gasteiger partial charge is 0.355 e. The molecule has 0 bridgehead atoms. The van der Waals surface area contributed by atoms with Gasteiger partial charge >= 0.3 is 0 Å². The van der Waals surface area contributed by atoms with Gasteiger partial charge in [-0.05, 0) is 40.2 Å². The summed E-state index contributed by atoms with van der Waals surface area (Å²) in [6.45, 7) is 9.89. The Hall–Kier alpha value is -1.95. The van der Waals surface area contributed by atoms with E-state index in [4.69, 9.17) is 10.7 Å². The van der Waals surface area contributed by atoms with E-state index in [9.17, 15) is 0 Å². The summed E-state index contributed by atoms with van der Waals surface area (Å²) < 4.78 is 1.81. The first-order chi connectivity index (χ1) is 9.95. The van der Waals surface area contributed by atoms with Gasteiger partial charge in [0.1, 0.15) is 5.82 Å². The van der Waals surface area contributed by atoms with Crippen LogP contribution >= 0.6 is 0 Å². The summed E-state index contributed by atoms with van der Waals surface area (Å²) in [4.78, 5) is 11.6. The van der Waals surface area contributed by atoms with Crippen LogP contribution in [0.2, 0.25) is 0 Å². The molecule has 2 aromatic heterocycles. The van der Waals surface area contributed by atoms with Gasteiger partial charge in [-0.2, -0.15) is 10.1 Å². The maximum absolute atomic E-state index is 6.02. The highest BCUT2D eigenvalue weighted by atomic mass is 15.4. The first-order valence-electron chi connectivity index (χ1n) is 7.35. The van der Waals surface area contributed by atoms with Gasteiger partial charge in [0.25, 0.3) is 5.95 Å². The van der Waals surface area contributed by atoms with E-state index in [0.29, 0.717) is 5.95 Å². The summed E-state index contributed by atoms with van der Waals surface area (Å²) in [6.07, 6.45) is 1.01. The number of aryl methyl sites for hydroxylation is 3. The molecule has 6 heteroatoms. The lowest BCUT2D eigenvalue weighted by molar-refractivity contribution is 0.744. The van der Waals surface area contributed by atoms with E-state index >= 15 is 0 Å². The average Bonchev–Trinajstić information content (AvgIpc) is 2.98. The molecule has 0 aromatic carbocycles. The van der Waals surface area contributed by atoms with Crippen LogP contribution in [0.25, 0.3) is 5.95 Å². The van der Waals surface area contributed by atoms with E-state index < -0.39 is 0 Å². The topological polar surface area (TPSA) is 72.9 Å². The highest BCUT2D eigenvalue weighted by molar-refractivity contribution is 5.51. The second-order valence-electron chi connectivity index (χ2n) is 5.89. The molecule has 0 aliphatic carbocycles. The molecule has 6 nitrogen and oxygen atoms in total. The maximum Gasteiger partial charge on any atom is 0.252 e. The van der Waals surface area contributed by atoms with Crippen molar-refractivity contribution >= 4 is 5.82 Å². The Morgan fingerprint density at radius 1 is 1.19 bits per heavy atom. The van der Waals surface area contributed by atoms with Gasteiger partial charge < -0.3 is 10.6 Å². The van der Waals surface area contributed by atoms with E-state index in [1.165, 1.54) is 0 Å². The highest BCUT2D eigenvalue weighted by Gasteiger charge is 2.23. The third-order valence-corrected chi connectivity index (χ3v) is 4.08.